The van der Waals surface area contributed by atoms with E-state index in [0.29, 0.717) is 5.95 Å². The molecule has 0 spiro atoms. The maximum absolute atomic E-state index is 5.38. The third-order valence-electron chi connectivity index (χ3n) is 10.9. The molecule has 0 radical (unpaired) electrons. The number of rotatable bonds is 3. The van der Waals surface area contributed by atoms with Crippen LogP contribution in [-0.2, 0) is 0 Å². The quantitative estimate of drug-likeness (QED) is 0.185. The molecule has 8 aromatic carbocycles. The Morgan fingerprint density at radius 3 is 2.00 bits per heavy atom. The van der Waals surface area contributed by atoms with Crippen LogP contribution in [0, 0.1) is 0 Å². The highest BCUT2D eigenvalue weighted by Gasteiger charge is 2.24. The molecule has 0 fully saturated rings. The van der Waals surface area contributed by atoms with E-state index in [9.17, 15) is 0 Å². The predicted octanol–water partition coefficient (Wildman–Crippen LogP) is 12.8. The van der Waals surface area contributed by atoms with E-state index in [1.807, 2.05) is 0 Å². The lowest BCUT2D eigenvalue weighted by atomic mass is 10.0. The van der Waals surface area contributed by atoms with Crippen LogP contribution in [0.2, 0.25) is 0 Å². The van der Waals surface area contributed by atoms with Gasteiger partial charge >= 0.3 is 0 Å². The van der Waals surface area contributed by atoms with Gasteiger partial charge in [-0.1, -0.05) is 121 Å². The first kappa shape index (κ1) is 28.9. The Labute approximate surface area is 308 Å². The number of para-hydroxylation sites is 2. The molecule has 11 aromatic rings. The van der Waals surface area contributed by atoms with E-state index in [2.05, 4.69) is 179 Å². The number of hydrogen-bond donors (Lipinski definition) is 0. The Morgan fingerprint density at radius 2 is 1.09 bits per heavy atom. The first-order chi connectivity index (χ1) is 26.3. The van der Waals surface area contributed by atoms with Gasteiger partial charge in [-0.25, -0.2) is 9.97 Å². The molecule has 0 aliphatic carbocycles. The molecule has 0 bridgehead atoms. The molecule has 12 rings (SSSR count). The van der Waals surface area contributed by atoms with E-state index in [1.54, 1.807) is 11.8 Å². The molecular weight excluding hydrogens is 665 g/mol. The molecule has 0 amide bonds. The van der Waals surface area contributed by atoms with Gasteiger partial charge in [0.15, 0.2) is 0 Å². The second kappa shape index (κ2) is 10.9. The Hall–Kier alpha value is -6.69. The molecule has 0 unspecified atom stereocenters. The molecule has 4 nitrogen and oxygen atoms in total. The van der Waals surface area contributed by atoms with Crippen molar-refractivity contribution in [2.45, 2.75) is 9.79 Å². The van der Waals surface area contributed by atoms with E-state index in [-0.39, 0.29) is 0 Å². The summed E-state index contributed by atoms with van der Waals surface area (Å²) in [4.78, 5) is 13.1. The molecule has 0 saturated carbocycles. The highest BCUT2D eigenvalue weighted by Crippen LogP contribution is 2.47. The summed E-state index contributed by atoms with van der Waals surface area (Å²) in [5.74, 6) is 0.684. The van der Waals surface area contributed by atoms with Crippen LogP contribution < -0.4 is 0 Å². The molecule has 4 heterocycles. The van der Waals surface area contributed by atoms with Gasteiger partial charge in [-0.3, -0.25) is 4.57 Å². The first-order valence-electron chi connectivity index (χ1n) is 17.9. The number of fused-ring (bicyclic) bond motifs is 9. The molecular formula is C48H28N4S. The fourth-order valence-electron chi connectivity index (χ4n) is 8.50. The third kappa shape index (κ3) is 4.20. The summed E-state index contributed by atoms with van der Waals surface area (Å²) < 4.78 is 4.65. The summed E-state index contributed by atoms with van der Waals surface area (Å²) in [6.45, 7) is 0. The zero-order chi connectivity index (χ0) is 34.6. The van der Waals surface area contributed by atoms with E-state index >= 15 is 0 Å². The van der Waals surface area contributed by atoms with Crippen LogP contribution in [0.15, 0.2) is 180 Å². The maximum Gasteiger partial charge on any atom is 0.235 e. The van der Waals surface area contributed by atoms with Crippen molar-refractivity contribution in [3.8, 4) is 34.0 Å². The Morgan fingerprint density at radius 1 is 0.415 bits per heavy atom. The lowest BCUT2D eigenvalue weighted by Crippen LogP contribution is -2.05. The molecule has 0 atom stereocenters. The molecule has 1 aliphatic heterocycles. The first-order valence-corrected chi connectivity index (χ1v) is 18.7. The van der Waals surface area contributed by atoms with Crippen LogP contribution in [0.1, 0.15) is 0 Å². The van der Waals surface area contributed by atoms with Crippen LogP contribution in [0.4, 0.5) is 0 Å². The normalized spacial score (nSPS) is 12.5. The van der Waals surface area contributed by atoms with Gasteiger partial charge in [-0.05, 0) is 82.6 Å². The van der Waals surface area contributed by atoms with E-state index in [0.717, 1.165) is 44.4 Å². The molecule has 5 heteroatoms. The summed E-state index contributed by atoms with van der Waals surface area (Å²) in [6, 6.07) is 61.4. The molecule has 0 saturated heterocycles. The number of hydrogen-bond acceptors (Lipinski definition) is 3. The smallest absolute Gasteiger partial charge is 0.235 e. The lowest BCUT2D eigenvalue weighted by molar-refractivity contribution is 1.01. The van der Waals surface area contributed by atoms with Crippen LogP contribution in [0.25, 0.3) is 99.3 Å². The highest BCUT2D eigenvalue weighted by molar-refractivity contribution is 7.99. The van der Waals surface area contributed by atoms with Crippen molar-refractivity contribution in [1.29, 1.82) is 0 Å². The number of nitrogens with zero attached hydrogens (tertiary/aromatic N) is 4. The minimum atomic E-state index is 0.684. The van der Waals surface area contributed by atoms with Crippen molar-refractivity contribution in [3.63, 3.8) is 0 Å². The standard InChI is InChI=1S/C48H28N4S/c1-2-11-30-26-33(23-20-29(30)10-1)51-40-16-6-4-13-35(40)38-27-31(22-25-42(38)51)32-21-24-36-34-12-3-7-17-41(34)52(43(36)28-32)48-49-39-15-9-19-45-46(39)47(50-48)37-14-5-8-18-44(37)53-45/h1-28H. The second-order valence-corrected chi connectivity index (χ2v) is 14.9. The van der Waals surface area contributed by atoms with Crippen LogP contribution in [-0.4, -0.2) is 19.1 Å². The number of benzene rings is 8. The maximum atomic E-state index is 5.38. The SMILES string of the molecule is c1ccc2c(c1)Sc1cccc3nc(-n4c5ccccc5c5ccc(-c6ccc7c(c6)c6ccccc6n7-c6ccc7ccccc7c6)cc54)nc-2c13. The Kier molecular flexibility index (Phi) is 5.96. The van der Waals surface area contributed by atoms with Crippen molar-refractivity contribution in [3.05, 3.63) is 170 Å². The van der Waals surface area contributed by atoms with Crippen molar-refractivity contribution in [1.82, 2.24) is 19.1 Å². The average Bonchev–Trinajstić information content (AvgIpc) is 3.73. The molecule has 1 aliphatic rings. The van der Waals surface area contributed by atoms with Gasteiger partial charge in [0.25, 0.3) is 0 Å². The molecule has 53 heavy (non-hydrogen) atoms. The van der Waals surface area contributed by atoms with Gasteiger partial charge in [-0.15, -0.1) is 0 Å². The third-order valence-corrected chi connectivity index (χ3v) is 12.0. The lowest BCUT2D eigenvalue weighted by Gasteiger charge is -2.20. The second-order valence-electron chi connectivity index (χ2n) is 13.8. The van der Waals surface area contributed by atoms with Gasteiger partial charge in [0, 0.05) is 48.0 Å². The average molecular weight is 693 g/mol. The summed E-state index contributed by atoms with van der Waals surface area (Å²) in [5.41, 5.74) is 11.2. The summed E-state index contributed by atoms with van der Waals surface area (Å²) in [5, 5.41) is 8.44. The van der Waals surface area contributed by atoms with Gasteiger partial charge in [0.1, 0.15) is 0 Å². The molecule has 3 aromatic heterocycles. The molecule has 0 N–H and O–H groups in total. The van der Waals surface area contributed by atoms with Crippen molar-refractivity contribution < 1.29 is 0 Å². The van der Waals surface area contributed by atoms with Crippen molar-refractivity contribution in [2.75, 3.05) is 0 Å². The fraction of sp³-hybridized carbons (Fsp3) is 0. The van der Waals surface area contributed by atoms with Gasteiger partial charge < -0.3 is 4.57 Å². The fourth-order valence-corrected chi connectivity index (χ4v) is 9.61. The largest absolute Gasteiger partial charge is 0.309 e. The topological polar surface area (TPSA) is 35.6 Å². The van der Waals surface area contributed by atoms with Crippen LogP contribution in [0.5, 0.6) is 0 Å². The zero-order valence-corrected chi connectivity index (χ0v) is 29.2. The summed E-state index contributed by atoms with van der Waals surface area (Å²) in [7, 11) is 0. The van der Waals surface area contributed by atoms with Crippen LogP contribution in [0.3, 0.4) is 0 Å². The summed E-state index contributed by atoms with van der Waals surface area (Å²) >= 11 is 1.80. The van der Waals surface area contributed by atoms with E-state index in [1.165, 1.54) is 58.7 Å². The van der Waals surface area contributed by atoms with Crippen LogP contribution >= 0.6 is 11.8 Å². The minimum absolute atomic E-state index is 0.684. The van der Waals surface area contributed by atoms with Gasteiger partial charge in [0.2, 0.25) is 5.95 Å². The van der Waals surface area contributed by atoms with E-state index in [4.69, 9.17) is 9.97 Å². The van der Waals surface area contributed by atoms with E-state index < -0.39 is 0 Å². The van der Waals surface area contributed by atoms with Gasteiger partial charge in [-0.2, -0.15) is 0 Å². The van der Waals surface area contributed by atoms with Crippen molar-refractivity contribution in [2.24, 2.45) is 0 Å². The molecule has 246 valence electrons. The Bertz CT molecular complexity index is 3330. The Balaban J connectivity index is 1.08. The summed E-state index contributed by atoms with van der Waals surface area (Å²) in [6.07, 6.45) is 0. The zero-order valence-electron chi connectivity index (χ0n) is 28.4. The predicted molar refractivity (Wildman–Crippen MR) is 221 cm³/mol. The van der Waals surface area contributed by atoms with Gasteiger partial charge in [0.05, 0.1) is 33.3 Å². The minimum Gasteiger partial charge on any atom is -0.309 e. The number of aromatic nitrogens is 4. The van der Waals surface area contributed by atoms with Crippen molar-refractivity contribution >= 4 is 77.0 Å². The highest BCUT2D eigenvalue weighted by atomic mass is 32.2. The monoisotopic (exact) mass is 692 g/mol.